The lowest BCUT2D eigenvalue weighted by atomic mass is 10.2. The molecule has 21 heavy (non-hydrogen) atoms. The molecule has 1 aromatic heterocycles. The molecule has 0 aliphatic carbocycles. The third kappa shape index (κ3) is 3.51. The maximum absolute atomic E-state index is 5.95. The monoisotopic (exact) mass is 361 g/mol. The van der Waals surface area contributed by atoms with Crippen molar-refractivity contribution in [2.75, 3.05) is 12.8 Å². The third-order valence-corrected chi connectivity index (χ3v) is 4.93. The zero-order valence-corrected chi connectivity index (χ0v) is 14.1. The predicted octanol–water partition coefficient (Wildman–Crippen LogP) is 5.25. The van der Waals surface area contributed by atoms with Crippen LogP contribution in [0.1, 0.15) is 11.8 Å². The minimum atomic E-state index is 0.196. The van der Waals surface area contributed by atoms with Gasteiger partial charge in [-0.25, -0.2) is 0 Å². The Bertz CT molecular complexity index is 707. The number of hydrogen-bond acceptors (Lipinski definition) is 3. The van der Waals surface area contributed by atoms with Gasteiger partial charge in [0.05, 0.1) is 6.04 Å². The zero-order valence-electron chi connectivity index (χ0n) is 11.7. The molecule has 1 atom stereocenters. The first kappa shape index (κ1) is 14.7. The fourth-order valence-electron chi connectivity index (χ4n) is 2.22. The molecule has 0 amide bonds. The number of para-hydroxylation sites is 1. The first-order chi connectivity index (χ1) is 10.3. The minimum Gasteiger partial charge on any atom is -0.459 e. The Hall–Kier alpha value is -1.23. The molecule has 0 aliphatic rings. The SMILES string of the molecule is CNC(CSc1cccc(Br)c1)c1cc2ccccc2o1. The summed E-state index contributed by atoms with van der Waals surface area (Å²) in [6.45, 7) is 0. The van der Waals surface area contributed by atoms with Crippen LogP contribution in [0.25, 0.3) is 11.0 Å². The number of thioether (sulfide) groups is 1. The lowest BCUT2D eigenvalue weighted by molar-refractivity contribution is 0.479. The number of fused-ring (bicyclic) bond motifs is 1. The Balaban J connectivity index is 1.75. The van der Waals surface area contributed by atoms with Gasteiger partial charge in [-0.3, -0.25) is 0 Å². The molecule has 1 unspecified atom stereocenters. The van der Waals surface area contributed by atoms with Crippen LogP contribution in [-0.2, 0) is 0 Å². The molecule has 0 fully saturated rings. The van der Waals surface area contributed by atoms with Crippen molar-refractivity contribution in [3.8, 4) is 0 Å². The summed E-state index contributed by atoms with van der Waals surface area (Å²) < 4.78 is 7.06. The first-order valence-corrected chi connectivity index (χ1v) is 8.58. The van der Waals surface area contributed by atoms with Crippen molar-refractivity contribution >= 4 is 38.7 Å². The van der Waals surface area contributed by atoms with E-state index in [0.717, 1.165) is 27.0 Å². The van der Waals surface area contributed by atoms with Crippen LogP contribution in [0.3, 0.4) is 0 Å². The number of furan rings is 1. The van der Waals surface area contributed by atoms with Crippen LogP contribution in [0, 0.1) is 0 Å². The van der Waals surface area contributed by atoms with E-state index < -0.39 is 0 Å². The molecule has 0 saturated heterocycles. The summed E-state index contributed by atoms with van der Waals surface area (Å²) in [5.74, 6) is 1.91. The lowest BCUT2D eigenvalue weighted by Crippen LogP contribution is -2.17. The highest BCUT2D eigenvalue weighted by atomic mass is 79.9. The molecule has 3 aromatic rings. The molecule has 0 radical (unpaired) electrons. The number of hydrogen-bond donors (Lipinski definition) is 1. The molecule has 4 heteroatoms. The van der Waals surface area contributed by atoms with Gasteiger partial charge < -0.3 is 9.73 Å². The molecule has 1 heterocycles. The summed E-state index contributed by atoms with van der Waals surface area (Å²) in [4.78, 5) is 1.25. The van der Waals surface area contributed by atoms with Gasteiger partial charge in [-0.15, -0.1) is 11.8 Å². The summed E-state index contributed by atoms with van der Waals surface area (Å²) in [7, 11) is 1.97. The Morgan fingerprint density at radius 2 is 2.00 bits per heavy atom. The first-order valence-electron chi connectivity index (χ1n) is 6.80. The highest BCUT2D eigenvalue weighted by molar-refractivity contribution is 9.10. The van der Waals surface area contributed by atoms with E-state index in [9.17, 15) is 0 Å². The number of nitrogens with one attached hydrogen (secondary N) is 1. The van der Waals surface area contributed by atoms with Crippen molar-refractivity contribution in [1.29, 1.82) is 0 Å². The van der Waals surface area contributed by atoms with Crippen molar-refractivity contribution in [2.45, 2.75) is 10.9 Å². The average Bonchev–Trinajstić information content (AvgIpc) is 2.91. The number of halogens is 1. The second-order valence-corrected chi connectivity index (χ2v) is 6.81. The van der Waals surface area contributed by atoms with E-state index in [1.165, 1.54) is 4.90 Å². The van der Waals surface area contributed by atoms with E-state index in [0.29, 0.717) is 0 Å². The van der Waals surface area contributed by atoms with Gasteiger partial charge in [0, 0.05) is 20.5 Å². The predicted molar refractivity (Wildman–Crippen MR) is 92.9 cm³/mol. The van der Waals surface area contributed by atoms with Crippen molar-refractivity contribution in [1.82, 2.24) is 5.32 Å². The Kier molecular flexibility index (Phi) is 4.68. The summed E-state index contributed by atoms with van der Waals surface area (Å²) in [6.07, 6.45) is 0. The molecule has 1 N–H and O–H groups in total. The molecular formula is C17H16BrNOS. The quantitative estimate of drug-likeness (QED) is 0.628. The minimum absolute atomic E-state index is 0.196. The summed E-state index contributed by atoms with van der Waals surface area (Å²) in [5.41, 5.74) is 0.945. The van der Waals surface area contributed by atoms with Gasteiger partial charge >= 0.3 is 0 Å². The summed E-state index contributed by atoms with van der Waals surface area (Å²) >= 11 is 5.33. The van der Waals surface area contributed by atoms with E-state index in [-0.39, 0.29) is 6.04 Å². The van der Waals surface area contributed by atoms with E-state index in [4.69, 9.17) is 4.42 Å². The highest BCUT2D eigenvalue weighted by Gasteiger charge is 2.15. The molecule has 0 saturated carbocycles. The molecule has 108 valence electrons. The van der Waals surface area contributed by atoms with Crippen LogP contribution in [0.4, 0.5) is 0 Å². The second kappa shape index (κ2) is 6.69. The molecule has 0 bridgehead atoms. The van der Waals surface area contributed by atoms with Gasteiger partial charge in [-0.2, -0.15) is 0 Å². The molecular weight excluding hydrogens is 346 g/mol. The van der Waals surface area contributed by atoms with Crippen molar-refractivity contribution in [3.63, 3.8) is 0 Å². The smallest absolute Gasteiger partial charge is 0.134 e. The van der Waals surface area contributed by atoms with Gasteiger partial charge in [0.15, 0.2) is 0 Å². The van der Waals surface area contributed by atoms with Gasteiger partial charge in [0.1, 0.15) is 11.3 Å². The Morgan fingerprint density at radius 1 is 1.14 bits per heavy atom. The second-order valence-electron chi connectivity index (χ2n) is 4.80. The summed E-state index contributed by atoms with van der Waals surface area (Å²) in [5, 5.41) is 4.49. The fourth-order valence-corrected chi connectivity index (χ4v) is 3.84. The van der Waals surface area contributed by atoms with Crippen LogP contribution >= 0.6 is 27.7 Å². The van der Waals surface area contributed by atoms with Crippen LogP contribution in [0.15, 0.2) is 68.4 Å². The largest absolute Gasteiger partial charge is 0.459 e. The number of rotatable bonds is 5. The summed E-state index contributed by atoms with van der Waals surface area (Å²) in [6, 6.07) is 18.8. The maximum atomic E-state index is 5.95. The average molecular weight is 362 g/mol. The lowest BCUT2D eigenvalue weighted by Gasteiger charge is -2.13. The van der Waals surface area contributed by atoms with Crippen LogP contribution in [0.2, 0.25) is 0 Å². The van der Waals surface area contributed by atoms with E-state index in [2.05, 4.69) is 51.6 Å². The third-order valence-electron chi connectivity index (χ3n) is 3.35. The standard InChI is InChI=1S/C17H16BrNOS/c1-19-15(11-21-14-7-4-6-13(18)10-14)17-9-12-5-2-3-8-16(12)20-17/h2-10,15,19H,11H2,1H3. The highest BCUT2D eigenvalue weighted by Crippen LogP contribution is 2.29. The van der Waals surface area contributed by atoms with Crippen LogP contribution < -0.4 is 5.32 Å². The van der Waals surface area contributed by atoms with Gasteiger partial charge in [0.2, 0.25) is 0 Å². The van der Waals surface area contributed by atoms with Crippen molar-refractivity contribution < 1.29 is 4.42 Å². The topological polar surface area (TPSA) is 25.2 Å². The molecule has 0 spiro atoms. The zero-order chi connectivity index (χ0) is 14.7. The molecule has 2 aromatic carbocycles. The van der Waals surface area contributed by atoms with E-state index >= 15 is 0 Å². The Labute approximate surface area is 137 Å². The normalized spacial score (nSPS) is 12.7. The molecule has 2 nitrogen and oxygen atoms in total. The Morgan fingerprint density at radius 3 is 2.76 bits per heavy atom. The fraction of sp³-hybridized carbons (Fsp3) is 0.176. The number of benzene rings is 2. The van der Waals surface area contributed by atoms with E-state index in [1.54, 1.807) is 0 Å². The van der Waals surface area contributed by atoms with E-state index in [1.807, 2.05) is 43.1 Å². The van der Waals surface area contributed by atoms with Gasteiger partial charge in [0.25, 0.3) is 0 Å². The van der Waals surface area contributed by atoms with Crippen LogP contribution in [0.5, 0.6) is 0 Å². The van der Waals surface area contributed by atoms with Gasteiger partial charge in [-0.1, -0.05) is 40.2 Å². The molecule has 3 rings (SSSR count). The van der Waals surface area contributed by atoms with Gasteiger partial charge in [-0.05, 0) is 37.4 Å². The van der Waals surface area contributed by atoms with Crippen molar-refractivity contribution in [3.05, 3.63) is 64.8 Å². The van der Waals surface area contributed by atoms with Crippen LogP contribution in [-0.4, -0.2) is 12.8 Å². The van der Waals surface area contributed by atoms with Crippen molar-refractivity contribution in [2.24, 2.45) is 0 Å². The molecule has 0 aliphatic heterocycles. The maximum Gasteiger partial charge on any atom is 0.134 e.